The summed E-state index contributed by atoms with van der Waals surface area (Å²) in [7, 11) is 0. The Morgan fingerprint density at radius 3 is 2.92 bits per heavy atom. The lowest BCUT2D eigenvalue weighted by molar-refractivity contribution is -0.141. The van der Waals surface area contributed by atoms with E-state index in [1.54, 1.807) is 23.9 Å². The average Bonchev–Trinajstić information content (AvgIpc) is 2.47. The number of nitrogens with two attached hydrogens (primary N) is 1. The van der Waals surface area contributed by atoms with E-state index in [4.69, 9.17) is 10.8 Å². The summed E-state index contributed by atoms with van der Waals surface area (Å²) in [6.07, 6.45) is 3.66. The van der Waals surface area contributed by atoms with Gasteiger partial charge in [-0.3, -0.25) is 0 Å². The molecule has 0 radical (unpaired) electrons. The standard InChI is InChI=1S/C8H13N3O2/c1-6-10-4-5-11(6)7(2-3-9)8(12)13/h4-5,7H,2-3,9H2,1H3,(H,12,13). The molecular weight excluding hydrogens is 170 g/mol. The molecule has 5 nitrogen and oxygen atoms in total. The van der Waals surface area contributed by atoms with Crippen molar-refractivity contribution in [3.63, 3.8) is 0 Å². The van der Waals surface area contributed by atoms with E-state index in [9.17, 15) is 4.79 Å². The number of imidazole rings is 1. The van der Waals surface area contributed by atoms with Gasteiger partial charge >= 0.3 is 5.97 Å². The first-order chi connectivity index (χ1) is 6.16. The number of hydrogen-bond donors (Lipinski definition) is 2. The van der Waals surface area contributed by atoms with Crippen LogP contribution in [0.4, 0.5) is 0 Å². The Balaban J connectivity index is 2.88. The number of hydrogen-bond acceptors (Lipinski definition) is 3. The van der Waals surface area contributed by atoms with E-state index >= 15 is 0 Å². The molecule has 0 amide bonds. The first-order valence-electron chi connectivity index (χ1n) is 4.09. The number of aliphatic carboxylic acids is 1. The molecule has 0 spiro atoms. The summed E-state index contributed by atoms with van der Waals surface area (Å²) in [6.45, 7) is 2.13. The van der Waals surface area contributed by atoms with Gasteiger partial charge in [0, 0.05) is 12.4 Å². The van der Waals surface area contributed by atoms with Crippen LogP contribution in [0.3, 0.4) is 0 Å². The van der Waals surface area contributed by atoms with Crippen molar-refractivity contribution in [3.8, 4) is 0 Å². The maximum atomic E-state index is 10.8. The molecule has 1 aromatic rings. The summed E-state index contributed by atoms with van der Waals surface area (Å²) in [5.41, 5.74) is 5.33. The Labute approximate surface area is 76.2 Å². The molecule has 1 heterocycles. The van der Waals surface area contributed by atoms with Gasteiger partial charge in [0.05, 0.1) is 0 Å². The van der Waals surface area contributed by atoms with Crippen LogP contribution in [0.5, 0.6) is 0 Å². The zero-order chi connectivity index (χ0) is 9.84. The van der Waals surface area contributed by atoms with Gasteiger partial charge < -0.3 is 15.4 Å². The highest BCUT2D eigenvalue weighted by atomic mass is 16.4. The first-order valence-corrected chi connectivity index (χ1v) is 4.09. The van der Waals surface area contributed by atoms with Crippen molar-refractivity contribution in [1.29, 1.82) is 0 Å². The molecule has 3 N–H and O–H groups in total. The average molecular weight is 183 g/mol. The molecular formula is C8H13N3O2. The highest BCUT2D eigenvalue weighted by Gasteiger charge is 2.19. The Kier molecular flexibility index (Phi) is 3.02. The van der Waals surface area contributed by atoms with Crippen molar-refractivity contribution in [2.75, 3.05) is 6.54 Å². The van der Waals surface area contributed by atoms with Crippen molar-refractivity contribution >= 4 is 5.97 Å². The third-order valence-corrected chi connectivity index (χ3v) is 1.92. The van der Waals surface area contributed by atoms with Crippen LogP contribution < -0.4 is 5.73 Å². The summed E-state index contributed by atoms with van der Waals surface area (Å²) >= 11 is 0. The van der Waals surface area contributed by atoms with Crippen molar-refractivity contribution in [3.05, 3.63) is 18.2 Å². The van der Waals surface area contributed by atoms with E-state index in [0.717, 1.165) is 0 Å². The Bertz CT molecular complexity index is 295. The summed E-state index contributed by atoms with van der Waals surface area (Å²) in [5, 5.41) is 8.90. The van der Waals surface area contributed by atoms with Crippen molar-refractivity contribution in [2.45, 2.75) is 19.4 Å². The predicted molar refractivity (Wildman–Crippen MR) is 47.3 cm³/mol. The molecule has 1 unspecified atom stereocenters. The van der Waals surface area contributed by atoms with Crippen LogP contribution in [0.1, 0.15) is 18.3 Å². The second-order valence-electron chi connectivity index (χ2n) is 2.81. The summed E-state index contributed by atoms with van der Waals surface area (Å²) < 4.78 is 1.62. The smallest absolute Gasteiger partial charge is 0.326 e. The van der Waals surface area contributed by atoms with E-state index in [1.165, 1.54) is 0 Å². The monoisotopic (exact) mass is 183 g/mol. The zero-order valence-electron chi connectivity index (χ0n) is 7.47. The number of nitrogens with zero attached hydrogens (tertiary/aromatic N) is 2. The van der Waals surface area contributed by atoms with E-state index in [1.807, 2.05) is 0 Å². The molecule has 1 rings (SSSR count). The molecule has 0 aliphatic heterocycles. The highest BCUT2D eigenvalue weighted by Crippen LogP contribution is 2.12. The van der Waals surface area contributed by atoms with E-state index in [0.29, 0.717) is 18.8 Å². The highest BCUT2D eigenvalue weighted by molar-refractivity contribution is 5.71. The number of aromatic nitrogens is 2. The molecule has 72 valence electrons. The van der Waals surface area contributed by atoms with Crippen LogP contribution in [0.2, 0.25) is 0 Å². The molecule has 0 aliphatic rings. The third kappa shape index (κ3) is 2.06. The van der Waals surface area contributed by atoms with Gasteiger partial charge in [0.2, 0.25) is 0 Å². The van der Waals surface area contributed by atoms with Crippen molar-refractivity contribution < 1.29 is 9.90 Å². The topological polar surface area (TPSA) is 81.1 Å². The maximum absolute atomic E-state index is 10.8. The van der Waals surface area contributed by atoms with Gasteiger partial charge in [-0.25, -0.2) is 9.78 Å². The Morgan fingerprint density at radius 2 is 2.54 bits per heavy atom. The minimum atomic E-state index is -0.869. The van der Waals surface area contributed by atoms with Gasteiger partial charge in [-0.15, -0.1) is 0 Å². The molecule has 1 atom stereocenters. The van der Waals surface area contributed by atoms with Gasteiger partial charge in [0.15, 0.2) is 0 Å². The van der Waals surface area contributed by atoms with Crippen LogP contribution >= 0.6 is 0 Å². The molecule has 0 bridgehead atoms. The summed E-state index contributed by atoms with van der Waals surface area (Å²) in [6, 6.07) is -0.590. The molecule has 0 aromatic carbocycles. The molecule has 0 aliphatic carbocycles. The number of carbonyl (C=O) groups is 1. The fraction of sp³-hybridized carbons (Fsp3) is 0.500. The second-order valence-corrected chi connectivity index (χ2v) is 2.81. The molecule has 0 fully saturated rings. The van der Waals surface area contributed by atoms with E-state index in [-0.39, 0.29) is 0 Å². The van der Waals surface area contributed by atoms with Crippen LogP contribution in [-0.2, 0) is 4.79 Å². The van der Waals surface area contributed by atoms with Crippen LogP contribution in [0, 0.1) is 6.92 Å². The van der Waals surface area contributed by atoms with Crippen LogP contribution in [0.25, 0.3) is 0 Å². The van der Waals surface area contributed by atoms with Crippen molar-refractivity contribution in [1.82, 2.24) is 9.55 Å². The molecule has 13 heavy (non-hydrogen) atoms. The third-order valence-electron chi connectivity index (χ3n) is 1.92. The number of rotatable bonds is 4. The Hall–Kier alpha value is -1.36. The minimum absolute atomic E-state index is 0.356. The van der Waals surface area contributed by atoms with Gasteiger partial charge in [-0.1, -0.05) is 0 Å². The van der Waals surface area contributed by atoms with E-state index < -0.39 is 12.0 Å². The zero-order valence-corrected chi connectivity index (χ0v) is 7.47. The largest absolute Gasteiger partial charge is 0.480 e. The van der Waals surface area contributed by atoms with Gasteiger partial charge in [0.25, 0.3) is 0 Å². The first kappa shape index (κ1) is 9.73. The number of carboxylic acids is 1. The Morgan fingerprint density at radius 1 is 1.85 bits per heavy atom. The normalized spacial score (nSPS) is 12.8. The molecule has 0 saturated heterocycles. The maximum Gasteiger partial charge on any atom is 0.326 e. The van der Waals surface area contributed by atoms with E-state index in [2.05, 4.69) is 4.98 Å². The van der Waals surface area contributed by atoms with Crippen molar-refractivity contribution in [2.24, 2.45) is 5.73 Å². The quantitative estimate of drug-likeness (QED) is 0.697. The lowest BCUT2D eigenvalue weighted by Gasteiger charge is -2.13. The summed E-state index contributed by atoms with van der Waals surface area (Å²) in [4.78, 5) is 14.8. The van der Waals surface area contributed by atoms with Gasteiger partial charge in [0.1, 0.15) is 11.9 Å². The van der Waals surface area contributed by atoms with Gasteiger partial charge in [-0.2, -0.15) is 0 Å². The van der Waals surface area contributed by atoms with Crippen LogP contribution in [-0.4, -0.2) is 27.2 Å². The SMILES string of the molecule is Cc1nccn1C(CCN)C(=O)O. The number of carboxylic acid groups (broad SMARTS) is 1. The van der Waals surface area contributed by atoms with Gasteiger partial charge in [-0.05, 0) is 19.9 Å². The number of aryl methyl sites for hydroxylation is 1. The van der Waals surface area contributed by atoms with Crippen LogP contribution in [0.15, 0.2) is 12.4 Å². The minimum Gasteiger partial charge on any atom is -0.480 e. The molecule has 5 heteroatoms. The fourth-order valence-corrected chi connectivity index (χ4v) is 1.26. The second kappa shape index (κ2) is 4.04. The summed E-state index contributed by atoms with van der Waals surface area (Å²) in [5.74, 6) is -0.174. The molecule has 0 saturated carbocycles. The predicted octanol–water partition coefficient (Wildman–Crippen LogP) is 0.166. The fourth-order valence-electron chi connectivity index (χ4n) is 1.26. The lowest BCUT2D eigenvalue weighted by Crippen LogP contribution is -2.22. The molecule has 1 aromatic heterocycles. The lowest BCUT2D eigenvalue weighted by atomic mass is 10.2.